The van der Waals surface area contributed by atoms with E-state index in [1.807, 2.05) is 19.0 Å². The average Bonchev–Trinajstić information content (AvgIpc) is 2.16. The molecule has 88 valence electrons. The van der Waals surface area contributed by atoms with Gasteiger partial charge in [0, 0.05) is 27.7 Å². The number of hydrogen-bond donors (Lipinski definition) is 3. The zero-order valence-electron chi connectivity index (χ0n) is 9.53. The van der Waals surface area contributed by atoms with Gasteiger partial charge in [0.1, 0.15) is 6.04 Å². The first-order chi connectivity index (χ1) is 6.99. The molecule has 0 aliphatic rings. The maximum atomic E-state index is 10.4. The Hall–Kier alpha value is -1.30. The number of carbonyl (C=O) groups is 1. The first-order valence-corrected chi connectivity index (χ1v) is 4.85. The van der Waals surface area contributed by atoms with Gasteiger partial charge in [-0.2, -0.15) is 0 Å². The fourth-order valence-electron chi connectivity index (χ4n) is 1.08. The van der Waals surface area contributed by atoms with Crippen LogP contribution in [-0.2, 0) is 4.79 Å². The van der Waals surface area contributed by atoms with Crippen LogP contribution < -0.4 is 11.1 Å². The second-order valence-corrected chi connectivity index (χ2v) is 3.46. The summed E-state index contributed by atoms with van der Waals surface area (Å²) < 4.78 is 0. The maximum absolute atomic E-state index is 10.4. The molecule has 0 aliphatic heterocycles. The van der Waals surface area contributed by atoms with Gasteiger partial charge in [0.05, 0.1) is 0 Å². The second-order valence-electron chi connectivity index (χ2n) is 3.46. The lowest BCUT2D eigenvalue weighted by Crippen LogP contribution is -2.37. The minimum atomic E-state index is -0.952. The lowest BCUT2D eigenvalue weighted by Gasteiger charge is -2.16. The number of hydrogen-bond acceptors (Lipinski definition) is 3. The molecule has 0 saturated heterocycles. The molecule has 0 radical (unpaired) electrons. The molecule has 0 heterocycles. The Morgan fingerprint density at radius 3 is 2.60 bits per heavy atom. The molecule has 4 N–H and O–H groups in total. The summed E-state index contributed by atoms with van der Waals surface area (Å²) in [5.74, 6) is -0.175. The first kappa shape index (κ1) is 13.7. The highest BCUT2D eigenvalue weighted by atomic mass is 16.4. The lowest BCUT2D eigenvalue weighted by molar-refractivity contribution is -0.138. The molecule has 0 aromatic heterocycles. The van der Waals surface area contributed by atoms with Gasteiger partial charge < -0.3 is 21.1 Å². The molecular weight excluding hydrogens is 196 g/mol. The lowest BCUT2D eigenvalue weighted by atomic mass is 10.2. The Kier molecular flexibility index (Phi) is 6.44. The Labute approximate surface area is 90.2 Å². The van der Waals surface area contributed by atoms with Crippen molar-refractivity contribution < 1.29 is 9.90 Å². The van der Waals surface area contributed by atoms with Crippen LogP contribution in [0.1, 0.15) is 12.8 Å². The van der Waals surface area contributed by atoms with Crippen molar-refractivity contribution in [1.82, 2.24) is 10.2 Å². The molecule has 6 heteroatoms. The van der Waals surface area contributed by atoms with Crippen molar-refractivity contribution >= 4 is 11.9 Å². The number of nitrogens with one attached hydrogen (secondary N) is 1. The van der Waals surface area contributed by atoms with Gasteiger partial charge in [-0.25, -0.2) is 0 Å². The molecule has 0 saturated carbocycles. The summed E-state index contributed by atoms with van der Waals surface area (Å²) in [4.78, 5) is 16.3. The molecule has 0 aliphatic carbocycles. The molecule has 0 amide bonds. The molecule has 0 aromatic carbocycles. The number of nitrogens with zero attached hydrogens (tertiary/aromatic N) is 2. The highest BCUT2D eigenvalue weighted by Crippen LogP contribution is 1.93. The fraction of sp³-hybridized carbons (Fsp3) is 0.778. The predicted octanol–water partition coefficient (Wildman–Crippen LogP) is -0.684. The Morgan fingerprint density at radius 2 is 2.20 bits per heavy atom. The summed E-state index contributed by atoms with van der Waals surface area (Å²) >= 11 is 0. The number of carboxylic acids is 1. The van der Waals surface area contributed by atoms with E-state index in [0.29, 0.717) is 19.4 Å². The third kappa shape index (κ3) is 5.90. The van der Waals surface area contributed by atoms with Crippen LogP contribution in [0.3, 0.4) is 0 Å². The van der Waals surface area contributed by atoms with Crippen molar-refractivity contribution in [3.8, 4) is 0 Å². The molecule has 0 unspecified atom stereocenters. The minimum Gasteiger partial charge on any atom is -0.480 e. The van der Waals surface area contributed by atoms with Crippen LogP contribution in [0.25, 0.3) is 0 Å². The second kappa shape index (κ2) is 7.05. The summed E-state index contributed by atoms with van der Waals surface area (Å²) in [5, 5.41) is 11.6. The summed E-state index contributed by atoms with van der Waals surface area (Å²) in [6.07, 6.45) is 1.17. The van der Waals surface area contributed by atoms with Crippen molar-refractivity contribution in [2.24, 2.45) is 10.7 Å². The van der Waals surface area contributed by atoms with Crippen LogP contribution in [-0.4, -0.2) is 55.7 Å². The standard InChI is InChI=1S/C9H20N4O2/c1-11-9(13(2)3)12-6-4-5-7(10)8(14)15/h7H,4-6,10H2,1-3H3,(H,11,12)(H,14,15)/t7-/m0/s1. The van der Waals surface area contributed by atoms with Gasteiger partial charge in [-0.1, -0.05) is 0 Å². The van der Waals surface area contributed by atoms with Gasteiger partial charge in [-0.3, -0.25) is 9.79 Å². The topological polar surface area (TPSA) is 90.9 Å². The zero-order valence-corrected chi connectivity index (χ0v) is 9.53. The molecule has 0 spiro atoms. The molecular formula is C9H20N4O2. The van der Waals surface area contributed by atoms with Gasteiger partial charge in [-0.15, -0.1) is 0 Å². The number of aliphatic imine (C=N–C) groups is 1. The first-order valence-electron chi connectivity index (χ1n) is 4.85. The van der Waals surface area contributed by atoms with Crippen LogP contribution in [0.2, 0.25) is 0 Å². The highest BCUT2D eigenvalue weighted by Gasteiger charge is 2.10. The largest absolute Gasteiger partial charge is 0.480 e. The van der Waals surface area contributed by atoms with E-state index in [-0.39, 0.29) is 0 Å². The molecule has 6 nitrogen and oxygen atoms in total. The van der Waals surface area contributed by atoms with E-state index in [0.717, 1.165) is 5.96 Å². The Morgan fingerprint density at radius 1 is 1.60 bits per heavy atom. The van der Waals surface area contributed by atoms with E-state index in [1.165, 1.54) is 0 Å². The number of carboxylic acid groups (broad SMARTS) is 1. The maximum Gasteiger partial charge on any atom is 0.320 e. The van der Waals surface area contributed by atoms with E-state index in [2.05, 4.69) is 10.3 Å². The number of rotatable bonds is 5. The number of guanidine groups is 1. The molecule has 1 atom stereocenters. The van der Waals surface area contributed by atoms with Gasteiger partial charge in [0.15, 0.2) is 5.96 Å². The van der Waals surface area contributed by atoms with E-state index in [9.17, 15) is 4.79 Å². The van der Waals surface area contributed by atoms with Crippen LogP contribution in [0.4, 0.5) is 0 Å². The SMILES string of the molecule is CN=C(NCCC[C@H](N)C(=O)O)N(C)C. The summed E-state index contributed by atoms with van der Waals surface area (Å²) in [6.45, 7) is 0.672. The van der Waals surface area contributed by atoms with Crippen molar-refractivity contribution in [3.05, 3.63) is 0 Å². The molecule has 0 fully saturated rings. The van der Waals surface area contributed by atoms with E-state index >= 15 is 0 Å². The highest BCUT2D eigenvalue weighted by molar-refractivity contribution is 5.79. The Bertz CT molecular complexity index is 228. The molecule has 15 heavy (non-hydrogen) atoms. The molecule has 0 aromatic rings. The fourth-order valence-corrected chi connectivity index (χ4v) is 1.08. The van der Waals surface area contributed by atoms with Gasteiger partial charge in [-0.05, 0) is 12.8 Å². The average molecular weight is 216 g/mol. The predicted molar refractivity (Wildman–Crippen MR) is 59.9 cm³/mol. The van der Waals surface area contributed by atoms with Crippen molar-refractivity contribution in [1.29, 1.82) is 0 Å². The number of aliphatic carboxylic acids is 1. The zero-order chi connectivity index (χ0) is 11.8. The van der Waals surface area contributed by atoms with E-state index in [1.54, 1.807) is 7.05 Å². The van der Waals surface area contributed by atoms with Crippen LogP contribution in [0.15, 0.2) is 4.99 Å². The third-order valence-corrected chi connectivity index (χ3v) is 1.93. The van der Waals surface area contributed by atoms with Crippen LogP contribution in [0, 0.1) is 0 Å². The van der Waals surface area contributed by atoms with Gasteiger partial charge in [0.25, 0.3) is 0 Å². The third-order valence-electron chi connectivity index (χ3n) is 1.93. The van der Waals surface area contributed by atoms with Crippen molar-refractivity contribution in [2.75, 3.05) is 27.7 Å². The van der Waals surface area contributed by atoms with Gasteiger partial charge >= 0.3 is 5.97 Å². The smallest absolute Gasteiger partial charge is 0.320 e. The minimum absolute atomic E-state index is 0.465. The normalized spacial score (nSPS) is 13.5. The molecule has 0 bridgehead atoms. The summed E-state index contributed by atoms with van der Waals surface area (Å²) in [6, 6.07) is -0.770. The monoisotopic (exact) mass is 216 g/mol. The summed E-state index contributed by atoms with van der Waals surface area (Å²) in [5.41, 5.74) is 5.36. The summed E-state index contributed by atoms with van der Waals surface area (Å²) in [7, 11) is 5.47. The van der Waals surface area contributed by atoms with Crippen molar-refractivity contribution in [3.63, 3.8) is 0 Å². The number of nitrogens with two attached hydrogens (primary N) is 1. The van der Waals surface area contributed by atoms with Crippen molar-refractivity contribution in [2.45, 2.75) is 18.9 Å². The quantitative estimate of drug-likeness (QED) is 0.321. The van der Waals surface area contributed by atoms with Gasteiger partial charge in [0.2, 0.25) is 0 Å². The Balaban J connectivity index is 3.67. The van der Waals surface area contributed by atoms with E-state index in [4.69, 9.17) is 10.8 Å². The van der Waals surface area contributed by atoms with E-state index < -0.39 is 12.0 Å². The van der Waals surface area contributed by atoms with Crippen LogP contribution >= 0.6 is 0 Å². The molecule has 0 rings (SSSR count). The van der Waals surface area contributed by atoms with Crippen LogP contribution in [0.5, 0.6) is 0 Å².